The third-order valence-corrected chi connectivity index (χ3v) is 3.32. The molecule has 0 radical (unpaired) electrons. The number of hydrogen-bond donors (Lipinski definition) is 0. The Morgan fingerprint density at radius 2 is 2.13 bits per heavy atom. The van der Waals surface area contributed by atoms with Crippen molar-refractivity contribution in [2.75, 3.05) is 7.11 Å². The molecule has 15 heavy (non-hydrogen) atoms. The molecule has 0 bridgehead atoms. The Bertz CT molecular complexity index is 525. The van der Waals surface area contributed by atoms with Gasteiger partial charge in [0.1, 0.15) is 5.75 Å². The van der Waals surface area contributed by atoms with E-state index in [0.717, 1.165) is 12.3 Å². The number of aromatic nitrogens is 1. The van der Waals surface area contributed by atoms with Crippen LogP contribution in [0.5, 0.6) is 5.75 Å². The molecule has 0 fully saturated rings. The highest BCUT2D eigenvalue weighted by molar-refractivity contribution is 5.86. The smallest absolute Gasteiger partial charge is 0.119 e. The van der Waals surface area contributed by atoms with Gasteiger partial charge in [0, 0.05) is 17.6 Å². The second kappa shape index (κ2) is 3.02. The molecule has 2 heterocycles. The maximum Gasteiger partial charge on any atom is 0.119 e. The van der Waals surface area contributed by atoms with E-state index in [4.69, 9.17) is 4.74 Å². The average Bonchev–Trinajstić information content (AvgIpc) is 2.58. The maximum absolute atomic E-state index is 5.33. The Morgan fingerprint density at radius 1 is 1.27 bits per heavy atom. The first-order chi connectivity index (χ1) is 7.29. The molecular formula is C13H15NO. The zero-order chi connectivity index (χ0) is 10.4. The molecule has 2 heteroatoms. The van der Waals surface area contributed by atoms with Crippen LogP contribution in [0.1, 0.15) is 17.7 Å². The van der Waals surface area contributed by atoms with Crippen LogP contribution in [-0.2, 0) is 13.0 Å². The lowest BCUT2D eigenvalue weighted by Crippen LogP contribution is -2.08. The molecule has 3 rings (SSSR count). The van der Waals surface area contributed by atoms with E-state index in [0.29, 0.717) is 0 Å². The standard InChI is InChI=1S/C13H15NO/c1-9-6-11-8-12(15-2)7-10-4-3-5-14(9)13(10)11/h6-8H,3-5H2,1-2H3. The van der Waals surface area contributed by atoms with E-state index in [-0.39, 0.29) is 0 Å². The summed E-state index contributed by atoms with van der Waals surface area (Å²) in [6.45, 7) is 3.34. The van der Waals surface area contributed by atoms with Crippen LogP contribution in [-0.4, -0.2) is 11.7 Å². The number of rotatable bonds is 1. The lowest BCUT2D eigenvalue weighted by molar-refractivity contribution is 0.414. The van der Waals surface area contributed by atoms with Gasteiger partial charge in [-0.1, -0.05) is 0 Å². The monoisotopic (exact) mass is 201 g/mol. The predicted octanol–water partition coefficient (Wildman–Crippen LogP) is 2.90. The topological polar surface area (TPSA) is 14.2 Å². The molecule has 1 aliphatic heterocycles. The van der Waals surface area contributed by atoms with Crippen molar-refractivity contribution < 1.29 is 4.74 Å². The van der Waals surface area contributed by atoms with E-state index in [9.17, 15) is 0 Å². The van der Waals surface area contributed by atoms with E-state index in [1.165, 1.54) is 35.0 Å². The molecule has 2 aromatic rings. The zero-order valence-electron chi connectivity index (χ0n) is 9.21. The third-order valence-electron chi connectivity index (χ3n) is 3.32. The van der Waals surface area contributed by atoms with Crippen molar-refractivity contribution >= 4 is 10.9 Å². The van der Waals surface area contributed by atoms with Crippen LogP contribution >= 0.6 is 0 Å². The number of aryl methyl sites for hydroxylation is 3. The molecule has 1 aromatic carbocycles. The fourth-order valence-corrected chi connectivity index (χ4v) is 2.63. The van der Waals surface area contributed by atoms with E-state index >= 15 is 0 Å². The molecule has 0 amide bonds. The van der Waals surface area contributed by atoms with Crippen molar-refractivity contribution in [3.8, 4) is 5.75 Å². The van der Waals surface area contributed by atoms with Gasteiger partial charge in [-0.05, 0) is 43.5 Å². The first-order valence-corrected chi connectivity index (χ1v) is 5.46. The summed E-state index contributed by atoms with van der Waals surface area (Å²) in [5.74, 6) is 0.983. The summed E-state index contributed by atoms with van der Waals surface area (Å²) in [5, 5.41) is 1.32. The Kier molecular flexibility index (Phi) is 1.78. The minimum Gasteiger partial charge on any atom is -0.497 e. The van der Waals surface area contributed by atoms with Crippen molar-refractivity contribution in [2.45, 2.75) is 26.3 Å². The summed E-state index contributed by atoms with van der Waals surface area (Å²) < 4.78 is 7.75. The summed E-state index contributed by atoms with van der Waals surface area (Å²) in [5.41, 5.74) is 4.21. The molecule has 0 aliphatic carbocycles. The van der Waals surface area contributed by atoms with Crippen molar-refractivity contribution in [3.63, 3.8) is 0 Å². The average molecular weight is 201 g/mol. The molecule has 0 N–H and O–H groups in total. The van der Waals surface area contributed by atoms with E-state index in [1.807, 2.05) is 0 Å². The third kappa shape index (κ3) is 1.17. The Morgan fingerprint density at radius 3 is 2.93 bits per heavy atom. The lowest BCUT2D eigenvalue weighted by atomic mass is 10.0. The van der Waals surface area contributed by atoms with Crippen LogP contribution in [0.15, 0.2) is 18.2 Å². The molecule has 2 nitrogen and oxygen atoms in total. The van der Waals surface area contributed by atoms with E-state index < -0.39 is 0 Å². The highest BCUT2D eigenvalue weighted by atomic mass is 16.5. The van der Waals surface area contributed by atoms with Crippen LogP contribution in [0.4, 0.5) is 0 Å². The number of methoxy groups -OCH3 is 1. The molecule has 1 aliphatic rings. The van der Waals surface area contributed by atoms with Crippen LogP contribution < -0.4 is 4.74 Å². The minimum atomic E-state index is 0.983. The van der Waals surface area contributed by atoms with E-state index in [2.05, 4.69) is 29.7 Å². The molecule has 0 saturated heterocycles. The van der Waals surface area contributed by atoms with Crippen LogP contribution in [0, 0.1) is 6.92 Å². The van der Waals surface area contributed by atoms with Crippen molar-refractivity contribution in [1.29, 1.82) is 0 Å². The number of ether oxygens (including phenoxy) is 1. The van der Waals surface area contributed by atoms with Crippen molar-refractivity contribution in [3.05, 3.63) is 29.5 Å². The predicted molar refractivity (Wildman–Crippen MR) is 61.5 cm³/mol. The number of hydrogen-bond acceptors (Lipinski definition) is 1. The molecule has 0 unspecified atom stereocenters. The van der Waals surface area contributed by atoms with Gasteiger partial charge >= 0.3 is 0 Å². The SMILES string of the molecule is COc1cc2c3c(c1)cc(C)n3CCC2. The highest BCUT2D eigenvalue weighted by Crippen LogP contribution is 2.32. The van der Waals surface area contributed by atoms with Crippen LogP contribution in [0.2, 0.25) is 0 Å². The summed E-state index contributed by atoms with van der Waals surface area (Å²) in [6, 6.07) is 6.57. The fraction of sp³-hybridized carbons (Fsp3) is 0.385. The molecule has 0 spiro atoms. The highest BCUT2D eigenvalue weighted by Gasteiger charge is 2.15. The number of benzene rings is 1. The molecule has 1 aromatic heterocycles. The van der Waals surface area contributed by atoms with Gasteiger partial charge in [-0.2, -0.15) is 0 Å². The number of nitrogens with zero attached hydrogens (tertiary/aromatic N) is 1. The summed E-state index contributed by atoms with van der Waals surface area (Å²) in [6.07, 6.45) is 2.42. The van der Waals surface area contributed by atoms with Gasteiger partial charge in [0.15, 0.2) is 0 Å². The van der Waals surface area contributed by atoms with Crippen LogP contribution in [0.25, 0.3) is 10.9 Å². The van der Waals surface area contributed by atoms with Gasteiger partial charge in [-0.15, -0.1) is 0 Å². The summed E-state index contributed by atoms with van der Waals surface area (Å²) in [4.78, 5) is 0. The summed E-state index contributed by atoms with van der Waals surface area (Å²) >= 11 is 0. The van der Waals surface area contributed by atoms with Gasteiger partial charge in [-0.25, -0.2) is 0 Å². The van der Waals surface area contributed by atoms with E-state index in [1.54, 1.807) is 7.11 Å². The largest absolute Gasteiger partial charge is 0.497 e. The Balaban J connectivity index is 2.39. The van der Waals surface area contributed by atoms with Gasteiger partial charge < -0.3 is 9.30 Å². The Hall–Kier alpha value is -1.44. The first-order valence-electron chi connectivity index (χ1n) is 5.46. The van der Waals surface area contributed by atoms with Crippen molar-refractivity contribution in [2.24, 2.45) is 0 Å². The lowest BCUT2D eigenvalue weighted by Gasteiger charge is -2.17. The molecule has 0 atom stereocenters. The normalized spacial score (nSPS) is 14.5. The minimum absolute atomic E-state index is 0.983. The van der Waals surface area contributed by atoms with Crippen molar-refractivity contribution in [1.82, 2.24) is 4.57 Å². The van der Waals surface area contributed by atoms with Gasteiger partial charge in [0.05, 0.1) is 12.6 Å². The zero-order valence-corrected chi connectivity index (χ0v) is 9.21. The molecule has 78 valence electrons. The van der Waals surface area contributed by atoms with Gasteiger partial charge in [0.25, 0.3) is 0 Å². The molecule has 0 saturated carbocycles. The Labute approximate surface area is 89.5 Å². The quantitative estimate of drug-likeness (QED) is 0.692. The van der Waals surface area contributed by atoms with Gasteiger partial charge in [0.2, 0.25) is 0 Å². The summed E-state index contributed by atoms with van der Waals surface area (Å²) in [7, 11) is 1.74. The second-order valence-electron chi connectivity index (χ2n) is 4.27. The molecular weight excluding hydrogens is 186 g/mol. The van der Waals surface area contributed by atoms with Gasteiger partial charge in [-0.3, -0.25) is 0 Å². The second-order valence-corrected chi connectivity index (χ2v) is 4.27. The van der Waals surface area contributed by atoms with Crippen LogP contribution in [0.3, 0.4) is 0 Å². The maximum atomic E-state index is 5.33. The fourth-order valence-electron chi connectivity index (χ4n) is 2.63. The first kappa shape index (κ1) is 8.84.